The molecule has 35 heavy (non-hydrogen) atoms. The van der Waals surface area contributed by atoms with E-state index in [1.54, 1.807) is 36.5 Å². The summed E-state index contributed by atoms with van der Waals surface area (Å²) in [7, 11) is 3.55. The zero-order valence-corrected chi connectivity index (χ0v) is 20.6. The maximum atomic E-state index is 13.5. The number of ether oxygens (including phenoxy) is 2. The van der Waals surface area contributed by atoms with Crippen LogP contribution in [0, 0.1) is 0 Å². The van der Waals surface area contributed by atoms with Crippen molar-refractivity contribution in [3.63, 3.8) is 0 Å². The minimum Gasteiger partial charge on any atom is -0.492 e. The Hall–Kier alpha value is -3.72. The van der Waals surface area contributed by atoms with Crippen molar-refractivity contribution in [3.05, 3.63) is 72.4 Å². The molecule has 1 aromatic carbocycles. The largest absolute Gasteiger partial charge is 0.492 e. The lowest BCUT2D eigenvalue weighted by atomic mass is 10.3. The summed E-state index contributed by atoms with van der Waals surface area (Å²) in [5.74, 6) is 1.07. The lowest BCUT2D eigenvalue weighted by Crippen LogP contribution is -2.44. The van der Waals surface area contributed by atoms with Crippen LogP contribution in [-0.4, -0.2) is 59.7 Å². The number of carbonyl (C=O) groups excluding carboxylic acids is 2. The van der Waals surface area contributed by atoms with Crippen molar-refractivity contribution >= 4 is 17.6 Å². The van der Waals surface area contributed by atoms with Crippen LogP contribution in [-0.2, 0) is 29.7 Å². The summed E-state index contributed by atoms with van der Waals surface area (Å²) in [6.07, 6.45) is 4.12. The Morgan fingerprint density at radius 1 is 1.06 bits per heavy atom. The van der Waals surface area contributed by atoms with E-state index < -0.39 is 0 Å². The molecule has 9 heteroatoms. The second-order valence-corrected chi connectivity index (χ2v) is 8.07. The summed E-state index contributed by atoms with van der Waals surface area (Å²) < 4.78 is 18.2. The topological polar surface area (TPSA) is 89.2 Å². The Morgan fingerprint density at radius 2 is 1.89 bits per heavy atom. The van der Waals surface area contributed by atoms with Gasteiger partial charge in [-0.15, -0.1) is 0 Å². The van der Waals surface area contributed by atoms with Crippen LogP contribution >= 0.6 is 0 Å². The SMILES string of the molecule is CCOc1ccccc1NC(=O)N(CCCOC)CC(=O)N(Cc1ccco1)Cc1cccn1C. The number of para-hydroxylation sites is 2. The first-order valence-corrected chi connectivity index (χ1v) is 11.7. The number of nitrogens with one attached hydrogen (secondary N) is 1. The zero-order valence-electron chi connectivity index (χ0n) is 20.6. The smallest absolute Gasteiger partial charge is 0.322 e. The van der Waals surface area contributed by atoms with Crippen LogP contribution in [0.4, 0.5) is 10.5 Å². The lowest BCUT2D eigenvalue weighted by Gasteiger charge is -2.28. The van der Waals surface area contributed by atoms with E-state index in [-0.39, 0.29) is 18.5 Å². The van der Waals surface area contributed by atoms with Gasteiger partial charge in [0.2, 0.25) is 5.91 Å². The number of benzene rings is 1. The van der Waals surface area contributed by atoms with E-state index in [1.807, 2.05) is 55.1 Å². The van der Waals surface area contributed by atoms with E-state index >= 15 is 0 Å². The average molecular weight is 483 g/mol. The number of hydrogen-bond acceptors (Lipinski definition) is 5. The summed E-state index contributed by atoms with van der Waals surface area (Å²) >= 11 is 0. The van der Waals surface area contributed by atoms with Gasteiger partial charge in [0.1, 0.15) is 18.1 Å². The highest BCUT2D eigenvalue weighted by atomic mass is 16.5. The van der Waals surface area contributed by atoms with Gasteiger partial charge in [-0.2, -0.15) is 0 Å². The molecule has 3 aromatic rings. The molecule has 3 rings (SSSR count). The molecule has 1 N–H and O–H groups in total. The standard InChI is InChI=1S/C26H34N4O5/c1-4-34-24-13-6-5-12-23(24)27-26(32)29(15-9-16-33-3)20-25(31)30(19-22-11-8-17-35-22)18-21-10-7-14-28(21)2/h5-8,10-14,17H,4,9,15-16,18-20H2,1-3H3,(H,27,32). The monoisotopic (exact) mass is 482 g/mol. The Balaban J connectivity index is 1.76. The van der Waals surface area contributed by atoms with Crippen LogP contribution in [0.25, 0.3) is 0 Å². The number of rotatable bonds is 13. The van der Waals surface area contributed by atoms with Gasteiger partial charge >= 0.3 is 6.03 Å². The number of nitrogens with zero attached hydrogens (tertiary/aromatic N) is 3. The molecule has 0 atom stereocenters. The fraction of sp³-hybridized carbons (Fsp3) is 0.385. The number of furan rings is 1. The lowest BCUT2D eigenvalue weighted by molar-refractivity contribution is -0.133. The van der Waals surface area contributed by atoms with E-state index in [2.05, 4.69) is 5.32 Å². The maximum Gasteiger partial charge on any atom is 0.322 e. The summed E-state index contributed by atoms with van der Waals surface area (Å²) in [5, 5.41) is 2.89. The van der Waals surface area contributed by atoms with Crippen molar-refractivity contribution in [1.29, 1.82) is 0 Å². The Morgan fingerprint density at radius 3 is 2.57 bits per heavy atom. The highest BCUT2D eigenvalue weighted by Gasteiger charge is 2.23. The predicted octanol–water partition coefficient (Wildman–Crippen LogP) is 4.12. The molecule has 188 valence electrons. The fourth-order valence-corrected chi connectivity index (χ4v) is 3.64. The minimum atomic E-state index is -0.376. The van der Waals surface area contributed by atoms with E-state index in [0.717, 1.165) is 5.69 Å². The summed E-state index contributed by atoms with van der Waals surface area (Å²) in [6.45, 7) is 3.81. The molecule has 0 fully saturated rings. The third kappa shape index (κ3) is 7.65. The molecule has 0 spiro atoms. The van der Waals surface area contributed by atoms with Crippen LogP contribution < -0.4 is 10.1 Å². The number of methoxy groups -OCH3 is 1. The molecule has 0 aliphatic rings. The Labute approximate surface area is 206 Å². The number of hydrogen-bond donors (Lipinski definition) is 1. The van der Waals surface area contributed by atoms with Crippen molar-refractivity contribution in [2.45, 2.75) is 26.4 Å². The van der Waals surface area contributed by atoms with E-state index in [1.165, 1.54) is 4.90 Å². The Kier molecular flexibility index (Phi) is 9.80. The average Bonchev–Trinajstić information content (AvgIpc) is 3.51. The molecule has 0 bridgehead atoms. The second-order valence-electron chi connectivity index (χ2n) is 8.07. The van der Waals surface area contributed by atoms with Crippen LogP contribution in [0.3, 0.4) is 0 Å². The van der Waals surface area contributed by atoms with Gasteiger partial charge in [-0.25, -0.2) is 4.79 Å². The van der Waals surface area contributed by atoms with E-state index in [9.17, 15) is 9.59 Å². The minimum absolute atomic E-state index is 0.0858. The molecular formula is C26H34N4O5. The molecule has 0 saturated heterocycles. The molecule has 9 nitrogen and oxygen atoms in total. The molecule has 2 aromatic heterocycles. The van der Waals surface area contributed by atoms with Crippen molar-refractivity contribution < 1.29 is 23.5 Å². The highest BCUT2D eigenvalue weighted by molar-refractivity contribution is 5.93. The normalized spacial score (nSPS) is 10.7. The first-order valence-electron chi connectivity index (χ1n) is 11.7. The van der Waals surface area contributed by atoms with Crippen molar-refractivity contribution in [3.8, 4) is 5.75 Å². The number of carbonyl (C=O) groups is 2. The summed E-state index contributed by atoms with van der Waals surface area (Å²) in [5.41, 5.74) is 1.53. The first kappa shape index (κ1) is 25.9. The first-order chi connectivity index (χ1) is 17.0. The second kappa shape index (κ2) is 13.2. The summed E-state index contributed by atoms with van der Waals surface area (Å²) in [4.78, 5) is 29.9. The van der Waals surface area contributed by atoms with Gasteiger partial charge in [0, 0.05) is 39.2 Å². The van der Waals surface area contributed by atoms with E-state index in [4.69, 9.17) is 13.9 Å². The zero-order chi connectivity index (χ0) is 25.0. The molecule has 0 unspecified atom stereocenters. The fourth-order valence-electron chi connectivity index (χ4n) is 3.64. The third-order valence-electron chi connectivity index (χ3n) is 5.50. The number of amides is 3. The van der Waals surface area contributed by atoms with Gasteiger partial charge in [0.25, 0.3) is 0 Å². The summed E-state index contributed by atoms with van der Waals surface area (Å²) in [6, 6.07) is 14.4. The van der Waals surface area contributed by atoms with Crippen molar-refractivity contribution in [2.24, 2.45) is 7.05 Å². The van der Waals surface area contributed by atoms with Crippen LogP contribution in [0.2, 0.25) is 0 Å². The molecule has 0 aliphatic heterocycles. The van der Waals surface area contributed by atoms with Gasteiger partial charge in [-0.1, -0.05) is 12.1 Å². The molecule has 0 aliphatic carbocycles. The Bertz CT molecular complexity index is 1060. The quantitative estimate of drug-likeness (QED) is 0.370. The predicted molar refractivity (Wildman–Crippen MR) is 133 cm³/mol. The molecular weight excluding hydrogens is 448 g/mol. The van der Waals surface area contributed by atoms with Gasteiger partial charge in [-0.05, 0) is 49.7 Å². The van der Waals surface area contributed by atoms with Gasteiger partial charge in [-0.3, -0.25) is 4.79 Å². The highest BCUT2D eigenvalue weighted by Crippen LogP contribution is 2.24. The van der Waals surface area contributed by atoms with Gasteiger partial charge in [0.15, 0.2) is 0 Å². The number of anilines is 1. The molecule has 2 heterocycles. The third-order valence-corrected chi connectivity index (χ3v) is 5.50. The number of aromatic nitrogens is 1. The number of urea groups is 1. The molecule has 3 amide bonds. The van der Waals surface area contributed by atoms with Crippen LogP contribution in [0.5, 0.6) is 5.75 Å². The van der Waals surface area contributed by atoms with Crippen LogP contribution in [0.1, 0.15) is 24.8 Å². The van der Waals surface area contributed by atoms with Crippen molar-refractivity contribution in [1.82, 2.24) is 14.4 Å². The number of aryl methyl sites for hydroxylation is 1. The van der Waals surface area contributed by atoms with Crippen LogP contribution in [0.15, 0.2) is 65.4 Å². The molecule has 0 radical (unpaired) electrons. The van der Waals surface area contributed by atoms with E-state index in [0.29, 0.717) is 56.5 Å². The van der Waals surface area contributed by atoms with Gasteiger partial charge in [0.05, 0.1) is 31.6 Å². The van der Waals surface area contributed by atoms with Crippen molar-refractivity contribution in [2.75, 3.05) is 38.7 Å². The van der Waals surface area contributed by atoms with Gasteiger partial charge < -0.3 is 33.6 Å². The maximum absolute atomic E-state index is 13.5. The molecule has 0 saturated carbocycles.